The lowest BCUT2D eigenvalue weighted by Crippen LogP contribution is -2.70. The van der Waals surface area contributed by atoms with Crippen LogP contribution >= 0.6 is 0 Å². The molecular formula is C35H55NO7. The molecule has 1 heterocycles. The van der Waals surface area contributed by atoms with Crippen molar-refractivity contribution in [1.82, 2.24) is 0 Å². The van der Waals surface area contributed by atoms with Crippen LogP contribution in [0.3, 0.4) is 0 Å². The maximum absolute atomic E-state index is 13.3. The summed E-state index contributed by atoms with van der Waals surface area (Å²) < 4.78 is 18.5. The number of ether oxygens (including phenoxy) is 3. The summed E-state index contributed by atoms with van der Waals surface area (Å²) in [4.78, 5) is 38.4. The minimum Gasteiger partial charge on any atom is -0.481 e. The van der Waals surface area contributed by atoms with Crippen molar-refractivity contribution in [2.45, 2.75) is 113 Å². The lowest BCUT2D eigenvalue weighted by Gasteiger charge is -2.71. The van der Waals surface area contributed by atoms with Gasteiger partial charge in [-0.3, -0.25) is 14.4 Å². The second-order valence-electron chi connectivity index (χ2n) is 16.1. The molecule has 2 bridgehead atoms. The number of carboxylic acids is 1. The summed E-state index contributed by atoms with van der Waals surface area (Å²) in [6, 6.07) is 0. The molecule has 43 heavy (non-hydrogen) atoms. The minimum atomic E-state index is -0.671. The molecule has 3 saturated carbocycles. The molecule has 8 nitrogen and oxygen atoms in total. The molecule has 0 amide bonds. The smallest absolute Gasteiger partial charge is 0.307 e. The van der Waals surface area contributed by atoms with Crippen molar-refractivity contribution in [3.63, 3.8) is 0 Å². The van der Waals surface area contributed by atoms with Crippen molar-refractivity contribution >= 4 is 17.9 Å². The monoisotopic (exact) mass is 601 g/mol. The molecule has 0 aromatic heterocycles. The Morgan fingerprint density at radius 1 is 1.05 bits per heavy atom. The van der Waals surface area contributed by atoms with E-state index < -0.39 is 34.9 Å². The maximum atomic E-state index is 13.3. The van der Waals surface area contributed by atoms with Gasteiger partial charge in [0.25, 0.3) is 0 Å². The first-order valence-electron chi connectivity index (χ1n) is 16.6. The number of hydrogen-bond donors (Lipinski definition) is 2. The third-order valence-electron chi connectivity index (χ3n) is 14.0. The van der Waals surface area contributed by atoms with Gasteiger partial charge in [0, 0.05) is 24.3 Å². The van der Waals surface area contributed by atoms with Gasteiger partial charge in [-0.25, -0.2) is 0 Å². The molecule has 0 radical (unpaired) electrons. The van der Waals surface area contributed by atoms with Crippen LogP contribution in [0.15, 0.2) is 11.6 Å². The normalized spacial score (nSPS) is 46.0. The second kappa shape index (κ2) is 10.9. The fourth-order valence-electron chi connectivity index (χ4n) is 11.4. The first kappa shape index (κ1) is 32.5. The molecule has 1 aliphatic heterocycles. The van der Waals surface area contributed by atoms with Crippen LogP contribution in [0.1, 0.15) is 100 Å². The molecule has 0 aromatic carbocycles. The number of nitrogens with two attached hydrogens (primary N) is 1. The number of rotatable bonds is 7. The number of carboxylic acid groups (broad SMARTS) is 1. The molecule has 5 aliphatic rings. The van der Waals surface area contributed by atoms with E-state index in [-0.39, 0.29) is 58.9 Å². The van der Waals surface area contributed by atoms with Crippen molar-refractivity contribution in [2.75, 3.05) is 19.8 Å². The van der Waals surface area contributed by atoms with Gasteiger partial charge in [-0.1, -0.05) is 60.1 Å². The second-order valence-corrected chi connectivity index (χ2v) is 16.1. The maximum Gasteiger partial charge on any atom is 0.307 e. The van der Waals surface area contributed by atoms with Crippen molar-refractivity contribution in [2.24, 2.45) is 62.4 Å². The van der Waals surface area contributed by atoms with Crippen LogP contribution in [0.25, 0.3) is 0 Å². The number of carbonyl (C=O) groups is 3. The van der Waals surface area contributed by atoms with Gasteiger partial charge >= 0.3 is 17.9 Å². The van der Waals surface area contributed by atoms with E-state index in [0.29, 0.717) is 32.0 Å². The number of allylic oxidation sites excluding steroid dienone is 1. The molecule has 8 heteroatoms. The first-order valence-corrected chi connectivity index (χ1v) is 16.6. The van der Waals surface area contributed by atoms with Crippen molar-refractivity contribution < 1.29 is 33.7 Å². The van der Waals surface area contributed by atoms with Gasteiger partial charge < -0.3 is 25.1 Å². The van der Waals surface area contributed by atoms with Crippen LogP contribution in [0.2, 0.25) is 0 Å². The lowest BCUT2D eigenvalue weighted by molar-refractivity contribution is -0.263. The molecule has 5 rings (SSSR count). The third kappa shape index (κ3) is 4.54. The average molecular weight is 602 g/mol. The van der Waals surface area contributed by atoms with Gasteiger partial charge in [-0.05, 0) is 78.4 Å². The zero-order valence-corrected chi connectivity index (χ0v) is 27.7. The van der Waals surface area contributed by atoms with Crippen LogP contribution in [0, 0.1) is 56.7 Å². The highest BCUT2D eigenvalue weighted by molar-refractivity contribution is 5.73. The number of aliphatic carboxylic acids is 1. The van der Waals surface area contributed by atoms with E-state index in [1.54, 1.807) is 0 Å². The highest BCUT2D eigenvalue weighted by atomic mass is 16.6. The number of carbonyl (C=O) groups excluding carboxylic acids is 2. The van der Waals surface area contributed by atoms with Gasteiger partial charge in [0.2, 0.25) is 0 Å². The summed E-state index contributed by atoms with van der Waals surface area (Å²) in [6.07, 6.45) is 6.29. The summed E-state index contributed by atoms with van der Waals surface area (Å²) in [7, 11) is 0. The Kier molecular flexibility index (Phi) is 8.19. The SMILES string of the molecule is CC(=O)O[C@@H]1C[C@@]23COC[C@](C)([C@@H]2CC[C@H]2C3=CC[C@@]3(C)[C@H](C(=O)O)[C@@](C)([C@H](C)C(C)C)CC[C@]23C)[C@H]1OC(=O)CCN. The summed E-state index contributed by atoms with van der Waals surface area (Å²) >= 11 is 0. The van der Waals surface area contributed by atoms with E-state index in [0.717, 1.165) is 25.7 Å². The van der Waals surface area contributed by atoms with Crippen LogP contribution in [0.5, 0.6) is 0 Å². The number of hydrogen-bond acceptors (Lipinski definition) is 7. The van der Waals surface area contributed by atoms with E-state index in [1.807, 2.05) is 0 Å². The van der Waals surface area contributed by atoms with Gasteiger partial charge in [-0.15, -0.1) is 0 Å². The highest BCUT2D eigenvalue weighted by Crippen LogP contribution is 2.75. The Labute approximate surface area is 257 Å². The van der Waals surface area contributed by atoms with E-state index in [1.165, 1.54) is 12.5 Å². The zero-order valence-electron chi connectivity index (χ0n) is 27.7. The fourth-order valence-corrected chi connectivity index (χ4v) is 11.4. The first-order chi connectivity index (χ1) is 20.0. The quantitative estimate of drug-likeness (QED) is 0.278. The van der Waals surface area contributed by atoms with Gasteiger partial charge in [0.1, 0.15) is 12.2 Å². The highest BCUT2D eigenvalue weighted by Gasteiger charge is 2.72. The molecular weight excluding hydrogens is 546 g/mol. The van der Waals surface area contributed by atoms with Crippen LogP contribution in [-0.4, -0.2) is 55.0 Å². The van der Waals surface area contributed by atoms with Crippen molar-refractivity contribution in [1.29, 1.82) is 0 Å². The Morgan fingerprint density at radius 3 is 2.35 bits per heavy atom. The number of esters is 2. The van der Waals surface area contributed by atoms with E-state index >= 15 is 0 Å². The molecule has 3 N–H and O–H groups in total. The third-order valence-corrected chi connectivity index (χ3v) is 14.0. The Bertz CT molecular complexity index is 1180. The fraction of sp³-hybridized carbons (Fsp3) is 0.857. The predicted molar refractivity (Wildman–Crippen MR) is 163 cm³/mol. The topological polar surface area (TPSA) is 125 Å². The Morgan fingerprint density at radius 2 is 1.74 bits per heavy atom. The van der Waals surface area contributed by atoms with E-state index in [2.05, 4.69) is 54.5 Å². The summed E-state index contributed by atoms with van der Waals surface area (Å²) in [5.74, 6) is -0.809. The Hall–Kier alpha value is -1.93. The Balaban J connectivity index is 1.60. The van der Waals surface area contributed by atoms with Crippen LogP contribution < -0.4 is 5.73 Å². The van der Waals surface area contributed by atoms with Gasteiger partial charge in [0.05, 0.1) is 25.6 Å². The molecule has 4 fully saturated rings. The van der Waals surface area contributed by atoms with Crippen molar-refractivity contribution in [3.8, 4) is 0 Å². The molecule has 1 saturated heterocycles. The average Bonchev–Trinajstić information content (AvgIpc) is 2.90. The van der Waals surface area contributed by atoms with Crippen LogP contribution in [0.4, 0.5) is 0 Å². The minimum absolute atomic E-state index is 0.110. The van der Waals surface area contributed by atoms with Gasteiger partial charge in [0.15, 0.2) is 0 Å². The molecule has 11 atom stereocenters. The molecule has 4 aliphatic carbocycles. The van der Waals surface area contributed by atoms with E-state index in [4.69, 9.17) is 19.9 Å². The van der Waals surface area contributed by atoms with Crippen LogP contribution in [-0.2, 0) is 28.6 Å². The predicted octanol–water partition coefficient (Wildman–Crippen LogP) is 5.77. The van der Waals surface area contributed by atoms with Crippen molar-refractivity contribution in [3.05, 3.63) is 11.6 Å². The summed E-state index contributed by atoms with van der Waals surface area (Å²) in [5, 5.41) is 10.9. The zero-order chi connectivity index (χ0) is 31.8. The molecule has 0 spiro atoms. The lowest BCUT2D eigenvalue weighted by atomic mass is 9.34. The molecule has 242 valence electrons. The largest absolute Gasteiger partial charge is 0.481 e. The molecule has 0 unspecified atom stereocenters. The van der Waals surface area contributed by atoms with E-state index in [9.17, 15) is 19.5 Å². The standard InChI is InChI=1S/C35H55NO7/c1-20(2)21(3)31(5)14-15-33(7)23-9-10-26-32(6)18-41-19-35(26,24(23)11-13-34(33,8)28(31)30(39)40)17-25(42-22(4)37)29(32)43-27(38)12-16-36/h11,20-21,23,25-26,28-29H,9-10,12-19,36H2,1-8H3,(H,39,40)/t21-,23+,25-,26+,28-,29+,31-,32-,33-,34+,35+/m1/s1. The molecule has 0 aromatic rings. The summed E-state index contributed by atoms with van der Waals surface area (Å²) in [5.41, 5.74) is 5.22. The number of fused-ring (bicyclic) bond motifs is 3. The van der Waals surface area contributed by atoms with Gasteiger partial charge in [-0.2, -0.15) is 0 Å². The summed E-state index contributed by atoms with van der Waals surface area (Å²) in [6.45, 7) is 18.2.